The Labute approximate surface area is 126 Å². The molecule has 0 bridgehead atoms. The number of carbonyl (C=O) groups excluding carboxylic acids is 1. The van der Waals surface area contributed by atoms with Crippen molar-refractivity contribution >= 4 is 17.5 Å². The number of rotatable bonds is 4. The maximum Gasteiger partial charge on any atom is 0.411 e. The molecule has 1 aromatic carbocycles. The second kappa shape index (κ2) is 7.16. The Hall–Kier alpha value is -1.97. The predicted molar refractivity (Wildman–Crippen MR) is 86.6 cm³/mol. The van der Waals surface area contributed by atoms with Gasteiger partial charge in [0, 0.05) is 17.9 Å². The molecule has 4 heteroatoms. The van der Waals surface area contributed by atoms with E-state index in [4.69, 9.17) is 0 Å². The number of anilines is 2. The first-order valence-corrected chi connectivity index (χ1v) is 7.43. The second-order valence-corrected chi connectivity index (χ2v) is 5.87. The first kappa shape index (κ1) is 15.4. The summed E-state index contributed by atoms with van der Waals surface area (Å²) in [5, 5.41) is 6.14. The van der Waals surface area contributed by atoms with Crippen LogP contribution in [0.2, 0.25) is 0 Å². The zero-order chi connectivity index (χ0) is 15.2. The fourth-order valence-electron chi connectivity index (χ4n) is 2.98. The van der Waals surface area contributed by atoms with Gasteiger partial charge in [0.05, 0.1) is 7.11 Å². The van der Waals surface area contributed by atoms with Crippen LogP contribution in [0.25, 0.3) is 0 Å². The summed E-state index contributed by atoms with van der Waals surface area (Å²) in [5.74, 6) is 1.33. The van der Waals surface area contributed by atoms with Crippen LogP contribution >= 0.6 is 0 Å². The summed E-state index contributed by atoms with van der Waals surface area (Å²) in [5.41, 5.74) is 3.24. The number of methoxy groups -OCH3 is 1. The molecule has 1 amide bonds. The van der Waals surface area contributed by atoms with E-state index in [0.29, 0.717) is 11.8 Å². The van der Waals surface area contributed by atoms with Gasteiger partial charge in [-0.05, 0) is 49.8 Å². The summed E-state index contributed by atoms with van der Waals surface area (Å²) < 4.78 is 4.60. The molecule has 2 N–H and O–H groups in total. The molecule has 0 fully saturated rings. The smallest absolute Gasteiger partial charge is 0.411 e. The molecule has 1 aliphatic carbocycles. The summed E-state index contributed by atoms with van der Waals surface area (Å²) in [7, 11) is 1.36. The van der Waals surface area contributed by atoms with Crippen molar-refractivity contribution in [1.29, 1.82) is 0 Å². The lowest BCUT2D eigenvalue weighted by molar-refractivity contribution is 0.187. The Morgan fingerprint density at radius 3 is 2.86 bits per heavy atom. The van der Waals surface area contributed by atoms with Crippen molar-refractivity contribution in [2.24, 2.45) is 11.8 Å². The van der Waals surface area contributed by atoms with Gasteiger partial charge < -0.3 is 10.1 Å². The maximum absolute atomic E-state index is 11.2. The molecule has 0 heterocycles. The summed E-state index contributed by atoms with van der Waals surface area (Å²) >= 11 is 0. The van der Waals surface area contributed by atoms with E-state index in [1.54, 1.807) is 0 Å². The fraction of sp³-hybridized carbons (Fsp3) is 0.471. The highest BCUT2D eigenvalue weighted by molar-refractivity contribution is 5.85. The number of allylic oxidation sites excluding steroid dienone is 2. The number of benzene rings is 1. The van der Waals surface area contributed by atoms with Gasteiger partial charge in [0.2, 0.25) is 0 Å². The number of nitrogens with one attached hydrogen (secondary N) is 2. The molecular formula is C17H24N2O2. The predicted octanol–water partition coefficient (Wildman–Crippen LogP) is 4.27. The van der Waals surface area contributed by atoms with Gasteiger partial charge in [0.25, 0.3) is 0 Å². The van der Waals surface area contributed by atoms with Crippen molar-refractivity contribution in [2.45, 2.75) is 26.7 Å². The first-order valence-electron chi connectivity index (χ1n) is 7.43. The van der Waals surface area contributed by atoms with Crippen LogP contribution in [0, 0.1) is 11.8 Å². The fourth-order valence-corrected chi connectivity index (χ4v) is 2.98. The molecule has 0 aromatic heterocycles. The van der Waals surface area contributed by atoms with Gasteiger partial charge in [0.15, 0.2) is 0 Å². The monoisotopic (exact) mass is 288 g/mol. The van der Waals surface area contributed by atoms with E-state index in [0.717, 1.165) is 24.3 Å². The number of amides is 1. The van der Waals surface area contributed by atoms with Crippen molar-refractivity contribution in [3.8, 4) is 0 Å². The molecule has 21 heavy (non-hydrogen) atoms. The standard InChI is InChI=1S/C17H24N2O2/c1-12-7-13(2)9-14(8-12)11-18-15-5-4-6-16(10-15)19-17(20)21-3/h4-7,10,12,14,18H,8-9,11H2,1-3H3,(H,19,20). The highest BCUT2D eigenvalue weighted by Crippen LogP contribution is 2.28. The highest BCUT2D eigenvalue weighted by Gasteiger charge is 2.17. The average molecular weight is 288 g/mol. The molecule has 0 radical (unpaired) electrons. The highest BCUT2D eigenvalue weighted by atomic mass is 16.5. The van der Waals surface area contributed by atoms with Crippen LogP contribution in [0.4, 0.5) is 16.2 Å². The van der Waals surface area contributed by atoms with Crippen molar-refractivity contribution in [3.05, 3.63) is 35.9 Å². The molecule has 1 aliphatic rings. The van der Waals surface area contributed by atoms with Gasteiger partial charge in [-0.15, -0.1) is 0 Å². The Morgan fingerprint density at radius 1 is 1.38 bits per heavy atom. The number of hydrogen-bond acceptors (Lipinski definition) is 3. The van der Waals surface area contributed by atoms with Crippen LogP contribution in [0.5, 0.6) is 0 Å². The third-order valence-electron chi connectivity index (χ3n) is 3.77. The van der Waals surface area contributed by atoms with Crippen molar-refractivity contribution in [2.75, 3.05) is 24.3 Å². The van der Waals surface area contributed by atoms with Crippen LogP contribution < -0.4 is 10.6 Å². The third-order valence-corrected chi connectivity index (χ3v) is 3.77. The van der Waals surface area contributed by atoms with Crippen molar-refractivity contribution in [1.82, 2.24) is 0 Å². The van der Waals surface area contributed by atoms with E-state index in [1.807, 2.05) is 24.3 Å². The largest absolute Gasteiger partial charge is 0.453 e. The lowest BCUT2D eigenvalue weighted by atomic mass is 9.84. The van der Waals surface area contributed by atoms with E-state index in [9.17, 15) is 4.79 Å². The lowest BCUT2D eigenvalue weighted by Crippen LogP contribution is -2.20. The lowest BCUT2D eigenvalue weighted by Gasteiger charge is -2.26. The minimum absolute atomic E-state index is 0.450. The van der Waals surface area contributed by atoms with Crippen LogP contribution in [-0.2, 0) is 4.74 Å². The van der Waals surface area contributed by atoms with Gasteiger partial charge in [-0.25, -0.2) is 4.79 Å². The normalized spacial score (nSPS) is 21.4. The molecule has 2 atom stereocenters. The summed E-state index contributed by atoms with van der Waals surface area (Å²) in [6, 6.07) is 7.70. The zero-order valence-electron chi connectivity index (χ0n) is 13.0. The minimum Gasteiger partial charge on any atom is -0.453 e. The number of carbonyl (C=O) groups is 1. The van der Waals surface area contributed by atoms with Crippen LogP contribution in [0.3, 0.4) is 0 Å². The van der Waals surface area contributed by atoms with Gasteiger partial charge >= 0.3 is 6.09 Å². The van der Waals surface area contributed by atoms with Crippen molar-refractivity contribution in [3.63, 3.8) is 0 Å². The quantitative estimate of drug-likeness (QED) is 0.813. The Bertz CT molecular complexity index is 525. The number of hydrogen-bond donors (Lipinski definition) is 2. The van der Waals surface area contributed by atoms with Crippen LogP contribution in [0.1, 0.15) is 26.7 Å². The molecule has 114 valence electrons. The molecular weight excluding hydrogens is 264 g/mol. The third kappa shape index (κ3) is 4.81. The van der Waals surface area contributed by atoms with Crippen LogP contribution in [-0.4, -0.2) is 19.7 Å². The van der Waals surface area contributed by atoms with Gasteiger partial charge in [-0.3, -0.25) is 5.32 Å². The Kier molecular flexibility index (Phi) is 5.26. The molecule has 0 aliphatic heterocycles. The van der Waals surface area contributed by atoms with Gasteiger partial charge in [-0.1, -0.05) is 24.6 Å². The summed E-state index contributed by atoms with van der Waals surface area (Å²) in [6.07, 6.45) is 4.31. The number of ether oxygens (including phenoxy) is 1. The van der Waals surface area contributed by atoms with Gasteiger partial charge in [-0.2, -0.15) is 0 Å². The van der Waals surface area contributed by atoms with E-state index in [-0.39, 0.29) is 0 Å². The molecule has 0 spiro atoms. The molecule has 2 unspecified atom stereocenters. The SMILES string of the molecule is COC(=O)Nc1cccc(NCC2CC(C)=CC(C)C2)c1. The van der Waals surface area contributed by atoms with Crippen LogP contribution in [0.15, 0.2) is 35.9 Å². The Morgan fingerprint density at radius 2 is 2.14 bits per heavy atom. The molecule has 4 nitrogen and oxygen atoms in total. The van der Waals surface area contributed by atoms with E-state index >= 15 is 0 Å². The Balaban J connectivity index is 1.90. The van der Waals surface area contributed by atoms with Crippen molar-refractivity contribution < 1.29 is 9.53 Å². The molecule has 2 rings (SSSR count). The maximum atomic E-state index is 11.2. The minimum atomic E-state index is -0.450. The average Bonchev–Trinajstić information content (AvgIpc) is 2.44. The second-order valence-electron chi connectivity index (χ2n) is 5.87. The topological polar surface area (TPSA) is 50.4 Å². The first-order chi connectivity index (χ1) is 10.1. The van der Waals surface area contributed by atoms with Gasteiger partial charge in [0.1, 0.15) is 0 Å². The van der Waals surface area contributed by atoms with E-state index in [1.165, 1.54) is 19.1 Å². The summed E-state index contributed by atoms with van der Waals surface area (Å²) in [6.45, 7) is 5.44. The molecule has 0 saturated carbocycles. The molecule has 0 saturated heterocycles. The van der Waals surface area contributed by atoms with E-state index < -0.39 is 6.09 Å². The summed E-state index contributed by atoms with van der Waals surface area (Å²) in [4.78, 5) is 11.2. The zero-order valence-corrected chi connectivity index (χ0v) is 13.0. The molecule has 1 aromatic rings. The van der Waals surface area contributed by atoms with E-state index in [2.05, 4.69) is 35.3 Å².